The molecular weight excluding hydrogens is 306 g/mol. The first-order valence-electron chi connectivity index (χ1n) is 6.08. The zero-order valence-corrected chi connectivity index (χ0v) is 12.4. The average molecular weight is 321 g/mol. The van der Waals surface area contributed by atoms with E-state index in [4.69, 9.17) is 11.6 Å². The molecule has 1 saturated heterocycles. The third-order valence-electron chi connectivity index (χ3n) is 3.32. The van der Waals surface area contributed by atoms with Crippen LogP contribution in [0.25, 0.3) is 0 Å². The highest BCUT2D eigenvalue weighted by molar-refractivity contribution is 7.89. The number of likely N-dealkylation sites (N-methyl/N-ethyl adjacent to an activating group) is 1. The van der Waals surface area contributed by atoms with Gasteiger partial charge in [0.05, 0.1) is 43.2 Å². The van der Waals surface area contributed by atoms with Crippen molar-refractivity contribution in [2.45, 2.75) is 4.90 Å². The molecule has 0 aliphatic carbocycles. The monoisotopic (exact) mass is 320 g/mol. The molecule has 9 heteroatoms. The Kier molecular flexibility index (Phi) is 4.28. The molecule has 1 fully saturated rings. The van der Waals surface area contributed by atoms with Gasteiger partial charge < -0.3 is 4.90 Å². The summed E-state index contributed by atoms with van der Waals surface area (Å²) in [6.45, 7) is 2.16. The first-order valence-corrected chi connectivity index (χ1v) is 7.89. The van der Waals surface area contributed by atoms with Gasteiger partial charge in [-0.15, -0.1) is 0 Å². The summed E-state index contributed by atoms with van der Waals surface area (Å²) in [5, 5.41) is 10.8. The summed E-state index contributed by atoms with van der Waals surface area (Å²) < 4.78 is 26.3. The fraction of sp³-hybridized carbons (Fsp3) is 0.455. The van der Waals surface area contributed by atoms with Gasteiger partial charge in [-0.05, 0) is 6.07 Å². The largest absolute Gasteiger partial charge is 0.335 e. The number of piperazine rings is 1. The Labute approximate surface area is 121 Å². The second-order valence-corrected chi connectivity index (χ2v) is 7.05. The number of quaternary nitrogens is 1. The summed E-state index contributed by atoms with van der Waals surface area (Å²) in [4.78, 5) is 11.2. The maximum absolute atomic E-state index is 12.5. The summed E-state index contributed by atoms with van der Waals surface area (Å²) in [6.07, 6.45) is 0. The van der Waals surface area contributed by atoms with Crippen molar-refractivity contribution in [3.63, 3.8) is 0 Å². The Morgan fingerprint density at radius 1 is 1.35 bits per heavy atom. The van der Waals surface area contributed by atoms with Gasteiger partial charge >= 0.3 is 0 Å². The van der Waals surface area contributed by atoms with Gasteiger partial charge in [-0.2, -0.15) is 4.31 Å². The highest BCUT2D eigenvalue weighted by Gasteiger charge is 2.31. The number of nitro benzene ring substituents is 1. The normalized spacial score (nSPS) is 18.1. The quantitative estimate of drug-likeness (QED) is 0.615. The Balaban J connectivity index is 2.38. The molecule has 1 N–H and O–H groups in total. The molecule has 0 saturated carbocycles. The van der Waals surface area contributed by atoms with E-state index in [1.807, 2.05) is 7.05 Å². The van der Waals surface area contributed by atoms with Gasteiger partial charge in [0.25, 0.3) is 5.69 Å². The van der Waals surface area contributed by atoms with E-state index in [9.17, 15) is 18.5 Å². The second kappa shape index (κ2) is 5.65. The fourth-order valence-electron chi connectivity index (χ4n) is 2.05. The van der Waals surface area contributed by atoms with Crippen LogP contribution in [0.2, 0.25) is 5.02 Å². The van der Waals surface area contributed by atoms with Crippen molar-refractivity contribution in [3.05, 3.63) is 33.3 Å². The maximum atomic E-state index is 12.5. The molecule has 0 aromatic heterocycles. The smallest absolute Gasteiger partial charge is 0.270 e. The van der Waals surface area contributed by atoms with Crippen LogP contribution >= 0.6 is 11.6 Å². The molecule has 0 spiro atoms. The Morgan fingerprint density at radius 2 is 1.95 bits per heavy atom. The van der Waals surface area contributed by atoms with Crippen LogP contribution in [0.3, 0.4) is 0 Å². The number of nitrogens with zero attached hydrogens (tertiary/aromatic N) is 2. The number of rotatable bonds is 3. The molecule has 1 aromatic rings. The van der Waals surface area contributed by atoms with Gasteiger partial charge in [-0.1, -0.05) is 11.6 Å². The van der Waals surface area contributed by atoms with Crippen LogP contribution in [0.5, 0.6) is 0 Å². The molecular formula is C11H15ClN3O4S+. The molecule has 2 rings (SSSR count). The Bertz CT molecular complexity index is 627. The summed E-state index contributed by atoms with van der Waals surface area (Å²) in [5.74, 6) is 0. The lowest BCUT2D eigenvalue weighted by Crippen LogP contribution is -3.12. The van der Waals surface area contributed by atoms with E-state index < -0.39 is 14.9 Å². The van der Waals surface area contributed by atoms with Crippen LogP contribution in [0.1, 0.15) is 0 Å². The van der Waals surface area contributed by atoms with E-state index in [-0.39, 0.29) is 15.6 Å². The number of hydrogen-bond donors (Lipinski definition) is 1. The van der Waals surface area contributed by atoms with Crippen molar-refractivity contribution in [2.75, 3.05) is 33.2 Å². The van der Waals surface area contributed by atoms with Crippen LogP contribution in [0.4, 0.5) is 5.69 Å². The minimum atomic E-state index is -3.79. The predicted octanol–water partition coefficient (Wildman–Crippen LogP) is -0.233. The molecule has 1 heterocycles. The van der Waals surface area contributed by atoms with Crippen molar-refractivity contribution in [2.24, 2.45) is 0 Å². The van der Waals surface area contributed by atoms with Crippen LogP contribution in [-0.2, 0) is 10.0 Å². The van der Waals surface area contributed by atoms with Gasteiger partial charge in [-0.25, -0.2) is 8.42 Å². The number of sulfonamides is 1. The van der Waals surface area contributed by atoms with Crippen LogP contribution in [0, 0.1) is 10.1 Å². The van der Waals surface area contributed by atoms with Crippen molar-refractivity contribution in [1.29, 1.82) is 0 Å². The lowest BCUT2D eigenvalue weighted by atomic mass is 10.3. The molecule has 0 radical (unpaired) electrons. The number of hydrogen-bond acceptors (Lipinski definition) is 4. The number of nitro groups is 1. The zero-order chi connectivity index (χ0) is 14.9. The molecule has 1 aliphatic heterocycles. The van der Waals surface area contributed by atoms with Gasteiger partial charge in [0, 0.05) is 12.1 Å². The summed E-state index contributed by atoms with van der Waals surface area (Å²) >= 11 is 5.90. The van der Waals surface area contributed by atoms with E-state index >= 15 is 0 Å². The van der Waals surface area contributed by atoms with E-state index in [2.05, 4.69) is 0 Å². The first-order chi connectivity index (χ1) is 9.32. The van der Waals surface area contributed by atoms with Crippen LogP contribution < -0.4 is 4.90 Å². The lowest BCUT2D eigenvalue weighted by Gasteiger charge is -2.29. The highest BCUT2D eigenvalue weighted by Crippen LogP contribution is 2.28. The lowest BCUT2D eigenvalue weighted by molar-refractivity contribution is -0.883. The molecule has 0 bridgehead atoms. The summed E-state index contributed by atoms with van der Waals surface area (Å²) in [7, 11) is -1.80. The summed E-state index contributed by atoms with van der Waals surface area (Å²) in [6, 6.07) is 3.45. The number of halogens is 1. The topological polar surface area (TPSA) is 85.0 Å². The number of non-ortho nitro benzene ring substituents is 1. The standard InChI is InChI=1S/C11H14ClN3O4S/c1-13-4-6-14(7-5-13)20(18,19)11-8-9(15(16)17)2-3-10(11)12/h2-3,8H,4-7H2,1H3/p+1. The molecule has 110 valence electrons. The van der Waals surface area contributed by atoms with Crippen molar-refractivity contribution < 1.29 is 18.2 Å². The minimum Gasteiger partial charge on any atom is -0.335 e. The predicted molar refractivity (Wildman–Crippen MR) is 73.5 cm³/mol. The van der Waals surface area contributed by atoms with Gasteiger partial charge in [0.15, 0.2) is 0 Å². The third kappa shape index (κ3) is 2.93. The molecule has 1 aromatic carbocycles. The van der Waals surface area contributed by atoms with E-state index in [0.29, 0.717) is 26.2 Å². The number of nitrogens with one attached hydrogen (secondary N) is 1. The van der Waals surface area contributed by atoms with Crippen LogP contribution in [0.15, 0.2) is 23.1 Å². The van der Waals surface area contributed by atoms with E-state index in [1.54, 1.807) is 0 Å². The van der Waals surface area contributed by atoms with Crippen LogP contribution in [-0.4, -0.2) is 50.9 Å². The Hall–Kier alpha value is -1.22. The maximum Gasteiger partial charge on any atom is 0.270 e. The molecule has 0 amide bonds. The van der Waals surface area contributed by atoms with Gasteiger partial charge in [0.2, 0.25) is 10.0 Å². The second-order valence-electron chi connectivity index (χ2n) is 4.73. The SMILES string of the molecule is C[NH+]1CCN(S(=O)(=O)c2cc([N+](=O)[O-])ccc2Cl)CC1. The molecule has 1 aliphatic rings. The minimum absolute atomic E-state index is 0.00174. The third-order valence-corrected chi connectivity index (χ3v) is 5.70. The zero-order valence-electron chi connectivity index (χ0n) is 10.9. The average Bonchev–Trinajstić information content (AvgIpc) is 2.39. The Morgan fingerprint density at radius 3 is 2.50 bits per heavy atom. The molecule has 7 nitrogen and oxygen atoms in total. The molecule has 0 unspecified atom stereocenters. The van der Waals surface area contributed by atoms with Crippen molar-refractivity contribution >= 4 is 27.3 Å². The van der Waals surface area contributed by atoms with Crippen molar-refractivity contribution in [1.82, 2.24) is 4.31 Å². The summed E-state index contributed by atoms with van der Waals surface area (Å²) in [5.41, 5.74) is -0.285. The van der Waals surface area contributed by atoms with Gasteiger partial charge in [-0.3, -0.25) is 10.1 Å². The molecule has 20 heavy (non-hydrogen) atoms. The van der Waals surface area contributed by atoms with E-state index in [0.717, 1.165) is 6.07 Å². The number of benzene rings is 1. The van der Waals surface area contributed by atoms with E-state index in [1.165, 1.54) is 21.3 Å². The molecule has 0 atom stereocenters. The fourth-order valence-corrected chi connectivity index (χ4v) is 3.99. The highest BCUT2D eigenvalue weighted by atomic mass is 35.5. The first kappa shape index (κ1) is 15.2. The van der Waals surface area contributed by atoms with Crippen molar-refractivity contribution in [3.8, 4) is 0 Å². The van der Waals surface area contributed by atoms with Gasteiger partial charge in [0.1, 0.15) is 4.90 Å².